The molecule has 1 fully saturated rings. The van der Waals surface area contributed by atoms with Crippen molar-refractivity contribution in [3.05, 3.63) is 42.5 Å². The quantitative estimate of drug-likeness (QED) is 0.550. The zero-order valence-corrected chi connectivity index (χ0v) is 11.7. The molecule has 0 unspecified atom stereocenters. The van der Waals surface area contributed by atoms with Crippen LogP contribution in [-0.2, 0) is 4.43 Å². The van der Waals surface area contributed by atoms with E-state index in [-0.39, 0.29) is 0 Å². The third-order valence-electron chi connectivity index (χ3n) is 3.54. The Morgan fingerprint density at radius 3 is 2.53 bits per heavy atom. The van der Waals surface area contributed by atoms with E-state index >= 15 is 0 Å². The number of hydrogen-bond acceptors (Lipinski definition) is 1. The van der Waals surface area contributed by atoms with Crippen molar-refractivity contribution in [1.82, 2.24) is 0 Å². The van der Waals surface area contributed by atoms with Gasteiger partial charge in [-0.1, -0.05) is 62.2 Å². The summed E-state index contributed by atoms with van der Waals surface area (Å²) in [6.45, 7) is 3.01. The predicted molar refractivity (Wildman–Crippen MR) is 76.1 cm³/mol. The van der Waals surface area contributed by atoms with Crippen LogP contribution in [0.15, 0.2) is 42.5 Å². The van der Waals surface area contributed by atoms with Gasteiger partial charge in [-0.3, -0.25) is 0 Å². The highest BCUT2D eigenvalue weighted by atomic mass is 28.4. The van der Waals surface area contributed by atoms with Gasteiger partial charge in [-0.25, -0.2) is 0 Å². The SMILES string of the molecule is CCC/C=C/CO[Si]1(c2ccccc2)CCC1. The van der Waals surface area contributed by atoms with Gasteiger partial charge in [-0.05, 0) is 23.7 Å². The van der Waals surface area contributed by atoms with Crippen LogP contribution >= 0.6 is 0 Å². The van der Waals surface area contributed by atoms with Gasteiger partial charge < -0.3 is 4.43 Å². The van der Waals surface area contributed by atoms with Crippen molar-refractivity contribution < 1.29 is 4.43 Å². The van der Waals surface area contributed by atoms with Crippen LogP contribution in [0.5, 0.6) is 0 Å². The van der Waals surface area contributed by atoms with E-state index in [0.717, 1.165) is 6.61 Å². The molecule has 0 bridgehead atoms. The molecule has 0 radical (unpaired) electrons. The zero-order chi connectivity index (χ0) is 12.0. The zero-order valence-electron chi connectivity index (χ0n) is 10.7. The molecule has 1 nitrogen and oxygen atoms in total. The number of rotatable bonds is 6. The maximum Gasteiger partial charge on any atom is 0.224 e. The van der Waals surface area contributed by atoms with E-state index < -0.39 is 8.32 Å². The van der Waals surface area contributed by atoms with Crippen LogP contribution in [0, 0.1) is 0 Å². The molecule has 0 atom stereocenters. The predicted octanol–water partition coefficient (Wildman–Crippen LogP) is 3.62. The first-order chi connectivity index (χ1) is 8.37. The summed E-state index contributed by atoms with van der Waals surface area (Å²) in [6, 6.07) is 13.5. The van der Waals surface area contributed by atoms with Crippen molar-refractivity contribution in [2.45, 2.75) is 38.3 Å². The van der Waals surface area contributed by atoms with Gasteiger partial charge >= 0.3 is 0 Å². The lowest BCUT2D eigenvalue weighted by Crippen LogP contribution is -2.56. The molecule has 1 aliphatic heterocycles. The minimum absolute atomic E-state index is 0.807. The van der Waals surface area contributed by atoms with Crippen molar-refractivity contribution in [1.29, 1.82) is 0 Å². The second-order valence-corrected chi connectivity index (χ2v) is 8.64. The van der Waals surface area contributed by atoms with Gasteiger partial charge in [-0.2, -0.15) is 0 Å². The maximum atomic E-state index is 6.25. The minimum Gasteiger partial charge on any atom is -0.409 e. The molecular formula is C15H22OSi. The van der Waals surface area contributed by atoms with E-state index in [1.165, 1.54) is 36.5 Å². The first-order valence-corrected chi connectivity index (χ1v) is 9.04. The molecule has 2 heteroatoms. The molecule has 1 aromatic carbocycles. The van der Waals surface area contributed by atoms with Crippen molar-refractivity contribution in [2.75, 3.05) is 6.61 Å². The standard InChI is InChI=1S/C15H22OSi/c1-2-3-4-8-12-16-17(13-9-14-17)15-10-6-5-7-11-15/h4-8,10-11H,2-3,9,12-14H2,1H3/b8-4+. The molecule has 1 aliphatic rings. The molecular weight excluding hydrogens is 224 g/mol. The molecule has 0 aliphatic carbocycles. The van der Waals surface area contributed by atoms with Gasteiger partial charge in [-0.15, -0.1) is 0 Å². The normalized spacial score (nSPS) is 18.2. The summed E-state index contributed by atoms with van der Waals surface area (Å²) >= 11 is 0. The van der Waals surface area contributed by atoms with Crippen molar-refractivity contribution in [2.24, 2.45) is 0 Å². The Morgan fingerprint density at radius 1 is 1.18 bits per heavy atom. The summed E-state index contributed by atoms with van der Waals surface area (Å²) < 4.78 is 6.25. The van der Waals surface area contributed by atoms with Gasteiger partial charge in [0, 0.05) is 0 Å². The first-order valence-electron chi connectivity index (χ1n) is 6.72. The topological polar surface area (TPSA) is 9.23 Å². The first kappa shape index (κ1) is 12.6. The van der Waals surface area contributed by atoms with E-state index in [4.69, 9.17) is 4.43 Å². The van der Waals surface area contributed by atoms with Crippen LogP contribution < -0.4 is 5.19 Å². The van der Waals surface area contributed by atoms with Gasteiger partial charge in [0.05, 0.1) is 6.61 Å². The Kier molecular flexibility index (Phi) is 4.57. The Morgan fingerprint density at radius 2 is 1.94 bits per heavy atom. The molecule has 1 saturated heterocycles. The summed E-state index contributed by atoms with van der Waals surface area (Å²) in [7, 11) is -1.53. The van der Waals surface area contributed by atoms with Crippen molar-refractivity contribution >= 4 is 13.5 Å². The van der Waals surface area contributed by atoms with Crippen LogP contribution in [0.1, 0.15) is 26.2 Å². The highest BCUT2D eigenvalue weighted by Crippen LogP contribution is 2.32. The molecule has 92 valence electrons. The van der Waals surface area contributed by atoms with E-state index in [0.29, 0.717) is 0 Å². The summed E-state index contributed by atoms with van der Waals surface area (Å²) in [6.07, 6.45) is 8.17. The number of benzene rings is 1. The Hall–Kier alpha value is -0.863. The van der Waals surface area contributed by atoms with E-state index in [1.54, 1.807) is 0 Å². The molecule has 0 spiro atoms. The maximum absolute atomic E-state index is 6.25. The fraction of sp³-hybridized carbons (Fsp3) is 0.467. The molecule has 0 aromatic heterocycles. The lowest BCUT2D eigenvalue weighted by Gasteiger charge is -2.39. The minimum atomic E-state index is -1.53. The van der Waals surface area contributed by atoms with Crippen LogP contribution in [0.2, 0.25) is 12.1 Å². The molecule has 0 saturated carbocycles. The molecule has 0 N–H and O–H groups in total. The average molecular weight is 246 g/mol. The van der Waals surface area contributed by atoms with Crippen molar-refractivity contribution in [3.63, 3.8) is 0 Å². The number of unbranched alkanes of at least 4 members (excludes halogenated alkanes) is 1. The van der Waals surface area contributed by atoms with E-state index in [2.05, 4.69) is 49.4 Å². The summed E-state index contributed by atoms with van der Waals surface area (Å²) in [5.41, 5.74) is 0. The largest absolute Gasteiger partial charge is 0.409 e. The van der Waals surface area contributed by atoms with Crippen LogP contribution in [0.4, 0.5) is 0 Å². The third-order valence-corrected chi connectivity index (χ3v) is 7.97. The highest BCUT2D eigenvalue weighted by Gasteiger charge is 2.43. The van der Waals surface area contributed by atoms with Crippen LogP contribution in [-0.4, -0.2) is 14.9 Å². The second-order valence-electron chi connectivity index (χ2n) is 4.78. The molecule has 2 rings (SSSR count). The molecule has 0 amide bonds. The van der Waals surface area contributed by atoms with Gasteiger partial charge in [0.2, 0.25) is 8.32 Å². The third kappa shape index (κ3) is 3.08. The van der Waals surface area contributed by atoms with Gasteiger partial charge in [0.15, 0.2) is 0 Å². The Balaban J connectivity index is 1.92. The average Bonchev–Trinajstić information content (AvgIpc) is 2.33. The molecule has 1 aromatic rings. The lowest BCUT2D eigenvalue weighted by molar-refractivity contribution is 0.336. The van der Waals surface area contributed by atoms with Gasteiger partial charge in [0.1, 0.15) is 0 Å². The summed E-state index contributed by atoms with van der Waals surface area (Å²) in [4.78, 5) is 0. The molecule has 17 heavy (non-hydrogen) atoms. The van der Waals surface area contributed by atoms with E-state index in [1.807, 2.05) is 0 Å². The Bertz CT molecular complexity index is 354. The smallest absolute Gasteiger partial charge is 0.224 e. The van der Waals surface area contributed by atoms with Gasteiger partial charge in [0.25, 0.3) is 0 Å². The Labute approximate surface area is 106 Å². The number of allylic oxidation sites excluding steroid dienone is 1. The fourth-order valence-corrected chi connectivity index (χ4v) is 5.56. The number of hydrogen-bond donors (Lipinski definition) is 0. The summed E-state index contributed by atoms with van der Waals surface area (Å²) in [5, 5.41) is 1.48. The van der Waals surface area contributed by atoms with Crippen LogP contribution in [0.3, 0.4) is 0 Å². The second kappa shape index (κ2) is 6.17. The van der Waals surface area contributed by atoms with E-state index in [9.17, 15) is 0 Å². The summed E-state index contributed by atoms with van der Waals surface area (Å²) in [5.74, 6) is 0. The lowest BCUT2D eigenvalue weighted by atomic mass is 10.3. The monoisotopic (exact) mass is 246 g/mol. The fourth-order valence-electron chi connectivity index (χ4n) is 2.32. The highest BCUT2D eigenvalue weighted by molar-refractivity contribution is 6.88. The molecule has 1 heterocycles. The van der Waals surface area contributed by atoms with Crippen LogP contribution in [0.25, 0.3) is 0 Å². The van der Waals surface area contributed by atoms with Crippen molar-refractivity contribution in [3.8, 4) is 0 Å².